The fraction of sp³-hybridized carbons (Fsp3) is 0.150. The van der Waals surface area contributed by atoms with Crippen LogP contribution in [0.5, 0.6) is 0 Å². The van der Waals surface area contributed by atoms with Crippen LogP contribution in [0, 0.1) is 13.8 Å². The van der Waals surface area contributed by atoms with Gasteiger partial charge in [-0.15, -0.1) is 0 Å². The van der Waals surface area contributed by atoms with Crippen molar-refractivity contribution in [2.75, 3.05) is 0 Å². The zero-order chi connectivity index (χ0) is 28.2. The second-order valence-corrected chi connectivity index (χ2v) is 9.88. The third-order valence-electron chi connectivity index (χ3n) is 7.65. The highest BCUT2D eigenvalue weighted by Gasteiger charge is 2.09. The first kappa shape index (κ1) is 27.2. The molecule has 0 saturated heterocycles. The summed E-state index contributed by atoms with van der Waals surface area (Å²) in [4.78, 5) is 0. The molecule has 0 unspecified atom stereocenters. The van der Waals surface area contributed by atoms with Gasteiger partial charge in [0, 0.05) is 0 Å². The van der Waals surface area contributed by atoms with Crippen LogP contribution in [0.25, 0.3) is 64.6 Å². The average molecular weight is 519 g/mol. The Labute approximate surface area is 238 Å². The van der Waals surface area contributed by atoms with E-state index in [1.165, 1.54) is 75.8 Å². The Morgan fingerprint density at radius 3 is 1.32 bits per heavy atom. The van der Waals surface area contributed by atoms with Crippen LogP contribution in [-0.4, -0.2) is 0 Å². The van der Waals surface area contributed by atoms with Crippen molar-refractivity contribution < 1.29 is 0 Å². The van der Waals surface area contributed by atoms with Crippen molar-refractivity contribution in [1.82, 2.24) is 0 Å². The van der Waals surface area contributed by atoms with Crippen LogP contribution in [0.4, 0.5) is 0 Å². The smallest absolute Gasteiger partial charge is 0.00241 e. The fourth-order valence-corrected chi connectivity index (χ4v) is 5.90. The summed E-state index contributed by atoms with van der Waals surface area (Å²) >= 11 is 0. The van der Waals surface area contributed by atoms with Gasteiger partial charge in [-0.25, -0.2) is 0 Å². The zero-order valence-electron chi connectivity index (χ0n) is 24.5. The van der Waals surface area contributed by atoms with Gasteiger partial charge in [0.2, 0.25) is 0 Å². The van der Waals surface area contributed by atoms with E-state index in [1.807, 2.05) is 27.7 Å². The van der Waals surface area contributed by atoms with E-state index in [4.69, 9.17) is 0 Å². The Morgan fingerprint density at radius 2 is 0.750 bits per heavy atom. The van der Waals surface area contributed by atoms with E-state index in [0.29, 0.717) is 0 Å². The Bertz CT molecular complexity index is 2010. The first-order chi connectivity index (χ1) is 19.7. The molecule has 0 saturated carbocycles. The molecule has 8 aromatic rings. The molecule has 0 fully saturated rings. The van der Waals surface area contributed by atoms with Gasteiger partial charge < -0.3 is 0 Å². The first-order valence-electron chi connectivity index (χ1n) is 14.6. The van der Waals surface area contributed by atoms with Gasteiger partial charge >= 0.3 is 0 Å². The number of benzene rings is 8. The van der Waals surface area contributed by atoms with Crippen molar-refractivity contribution in [3.63, 3.8) is 0 Å². The molecule has 8 aromatic carbocycles. The molecule has 0 nitrogen and oxygen atoms in total. The Hall–Kier alpha value is -4.42. The molecule has 0 heterocycles. The van der Waals surface area contributed by atoms with Crippen molar-refractivity contribution in [3.8, 4) is 0 Å². The summed E-state index contributed by atoms with van der Waals surface area (Å²) in [6, 6.07) is 44.0. The van der Waals surface area contributed by atoms with Gasteiger partial charge in [-0.1, -0.05) is 155 Å². The van der Waals surface area contributed by atoms with Crippen molar-refractivity contribution >= 4 is 64.6 Å². The molecular weight excluding hydrogens is 480 g/mol. The molecule has 0 radical (unpaired) electrons. The molecular formula is C40H38. The van der Waals surface area contributed by atoms with Gasteiger partial charge in [0.05, 0.1) is 0 Å². The molecule has 8 rings (SSSR count). The van der Waals surface area contributed by atoms with Crippen molar-refractivity contribution in [3.05, 3.63) is 132 Å². The monoisotopic (exact) mass is 518 g/mol. The first-order valence-corrected chi connectivity index (χ1v) is 14.6. The van der Waals surface area contributed by atoms with E-state index in [9.17, 15) is 0 Å². The predicted molar refractivity (Wildman–Crippen MR) is 181 cm³/mol. The molecule has 198 valence electrons. The highest BCUT2D eigenvalue weighted by atomic mass is 14.1. The van der Waals surface area contributed by atoms with E-state index in [2.05, 4.69) is 135 Å². The highest BCUT2D eigenvalue weighted by molar-refractivity contribution is 6.25. The Balaban J connectivity index is 0.000000144. The van der Waals surface area contributed by atoms with Crippen LogP contribution in [-0.2, 0) is 0 Å². The maximum atomic E-state index is 2.30. The van der Waals surface area contributed by atoms with Crippen LogP contribution in [0.1, 0.15) is 38.8 Å². The molecule has 0 amide bonds. The zero-order valence-corrected chi connectivity index (χ0v) is 24.5. The molecule has 0 heteroatoms. The number of hydrogen-bond acceptors (Lipinski definition) is 0. The predicted octanol–water partition coefficient (Wildman–Crippen LogP) is 12.4. The number of rotatable bonds is 0. The largest absolute Gasteiger partial charge is 0.0683 e. The second kappa shape index (κ2) is 11.8. The van der Waals surface area contributed by atoms with E-state index in [-0.39, 0.29) is 0 Å². The summed E-state index contributed by atoms with van der Waals surface area (Å²) in [5.41, 5.74) is 2.67. The normalized spacial score (nSPS) is 10.8. The highest BCUT2D eigenvalue weighted by Crippen LogP contribution is 2.36. The third kappa shape index (κ3) is 4.65. The molecule has 0 aliphatic rings. The summed E-state index contributed by atoms with van der Waals surface area (Å²) in [6.45, 7) is 12.3. The van der Waals surface area contributed by atoms with E-state index in [1.54, 1.807) is 0 Å². The molecule has 0 spiro atoms. The Morgan fingerprint density at radius 1 is 0.325 bits per heavy atom. The van der Waals surface area contributed by atoms with E-state index >= 15 is 0 Å². The standard InChI is InChI=1S/C19H14.C17H12.2C2H6/c1-13-10-11-18-16-8-3-2-6-14(16)15-7-4-5-9-17(15)19(18)12-13;1-11-5-6-14-8-7-12-3-2-4-13-9-10-15(11)17(14)16(12)13;2*1-2/h2-12H,1H3;2-10H,1H3;2*1-2H3. The summed E-state index contributed by atoms with van der Waals surface area (Å²) in [6.07, 6.45) is 0. The average Bonchev–Trinajstić information content (AvgIpc) is 3.03. The Kier molecular flexibility index (Phi) is 7.99. The lowest BCUT2D eigenvalue weighted by Gasteiger charge is -2.11. The SMILES string of the molecule is CC.CC.Cc1ccc2c3ccccc3c3ccccc3c2c1.Cc1ccc2ccc3cccc4ccc1c2c34. The molecule has 0 N–H and O–H groups in total. The molecule has 0 bridgehead atoms. The maximum absolute atomic E-state index is 2.30. The lowest BCUT2D eigenvalue weighted by atomic mass is 9.92. The lowest BCUT2D eigenvalue weighted by Crippen LogP contribution is -1.85. The summed E-state index contributed by atoms with van der Waals surface area (Å²) in [7, 11) is 0. The van der Waals surface area contributed by atoms with Crippen LogP contribution in [0.3, 0.4) is 0 Å². The minimum atomic E-state index is 1.31. The van der Waals surface area contributed by atoms with Gasteiger partial charge in [0.1, 0.15) is 0 Å². The fourth-order valence-electron chi connectivity index (χ4n) is 5.90. The summed E-state index contributed by atoms with van der Waals surface area (Å²) in [5, 5.41) is 16.3. The van der Waals surface area contributed by atoms with Gasteiger partial charge in [0.15, 0.2) is 0 Å². The lowest BCUT2D eigenvalue weighted by molar-refractivity contribution is 1.50. The molecule has 0 aliphatic heterocycles. The quantitative estimate of drug-likeness (QED) is 0.175. The second-order valence-electron chi connectivity index (χ2n) is 9.88. The van der Waals surface area contributed by atoms with Gasteiger partial charge in [-0.3, -0.25) is 0 Å². The van der Waals surface area contributed by atoms with Crippen LogP contribution < -0.4 is 0 Å². The molecule has 0 aromatic heterocycles. The number of hydrogen-bond donors (Lipinski definition) is 0. The molecule has 0 atom stereocenters. The van der Waals surface area contributed by atoms with Crippen molar-refractivity contribution in [2.45, 2.75) is 41.5 Å². The summed E-state index contributed by atoms with van der Waals surface area (Å²) in [5.74, 6) is 0. The van der Waals surface area contributed by atoms with Gasteiger partial charge in [0.25, 0.3) is 0 Å². The molecule has 40 heavy (non-hydrogen) atoms. The number of fused-ring (bicyclic) bond motifs is 6. The topological polar surface area (TPSA) is 0 Å². The van der Waals surface area contributed by atoms with E-state index < -0.39 is 0 Å². The van der Waals surface area contributed by atoms with Crippen LogP contribution in [0.2, 0.25) is 0 Å². The van der Waals surface area contributed by atoms with Crippen LogP contribution in [0.15, 0.2) is 121 Å². The maximum Gasteiger partial charge on any atom is -0.00241 e. The minimum Gasteiger partial charge on any atom is -0.0683 e. The minimum absolute atomic E-state index is 1.31. The molecule has 0 aliphatic carbocycles. The van der Waals surface area contributed by atoms with Gasteiger partial charge in [-0.05, 0) is 84.0 Å². The number of aryl methyl sites for hydroxylation is 2. The van der Waals surface area contributed by atoms with Crippen molar-refractivity contribution in [2.24, 2.45) is 0 Å². The van der Waals surface area contributed by atoms with E-state index in [0.717, 1.165) is 0 Å². The van der Waals surface area contributed by atoms with Crippen molar-refractivity contribution in [1.29, 1.82) is 0 Å². The van der Waals surface area contributed by atoms with Gasteiger partial charge in [-0.2, -0.15) is 0 Å². The van der Waals surface area contributed by atoms with Crippen LogP contribution >= 0.6 is 0 Å². The summed E-state index contributed by atoms with van der Waals surface area (Å²) < 4.78 is 0. The third-order valence-corrected chi connectivity index (χ3v) is 7.65.